The molecule has 1 aromatic heterocycles. The second-order valence-corrected chi connectivity index (χ2v) is 3.60. The SMILES string of the molecule is Cc1nccc(CC2CCC2)n1. The number of rotatable bonds is 2. The summed E-state index contributed by atoms with van der Waals surface area (Å²) in [6, 6.07) is 2.03. The maximum absolute atomic E-state index is 4.38. The van der Waals surface area contributed by atoms with Crippen LogP contribution in [-0.2, 0) is 6.42 Å². The molecule has 0 saturated heterocycles. The Hall–Kier alpha value is -0.920. The number of aryl methyl sites for hydroxylation is 1. The monoisotopic (exact) mass is 162 g/mol. The van der Waals surface area contributed by atoms with Gasteiger partial charge in [0.1, 0.15) is 5.82 Å². The zero-order valence-corrected chi connectivity index (χ0v) is 7.45. The third-order valence-electron chi connectivity index (χ3n) is 2.56. The summed E-state index contributed by atoms with van der Waals surface area (Å²) in [7, 11) is 0. The van der Waals surface area contributed by atoms with E-state index in [1.165, 1.54) is 25.0 Å². The Kier molecular flexibility index (Phi) is 2.07. The van der Waals surface area contributed by atoms with Crippen LogP contribution in [0.3, 0.4) is 0 Å². The minimum atomic E-state index is 0.895. The molecule has 1 aliphatic carbocycles. The Morgan fingerprint density at radius 3 is 2.92 bits per heavy atom. The fourth-order valence-electron chi connectivity index (χ4n) is 1.61. The van der Waals surface area contributed by atoms with Crippen LogP contribution in [0, 0.1) is 12.8 Å². The Balaban J connectivity index is 2.02. The topological polar surface area (TPSA) is 25.8 Å². The first kappa shape index (κ1) is 7.71. The predicted octanol–water partition coefficient (Wildman–Crippen LogP) is 2.13. The zero-order valence-electron chi connectivity index (χ0n) is 7.45. The van der Waals surface area contributed by atoms with Gasteiger partial charge in [-0.05, 0) is 25.3 Å². The standard InChI is InChI=1S/C10H14N2/c1-8-11-6-5-10(12-8)7-9-3-2-4-9/h5-6,9H,2-4,7H2,1H3. The van der Waals surface area contributed by atoms with E-state index in [4.69, 9.17) is 0 Å². The molecule has 0 N–H and O–H groups in total. The van der Waals surface area contributed by atoms with Crippen molar-refractivity contribution in [2.45, 2.75) is 32.6 Å². The summed E-state index contributed by atoms with van der Waals surface area (Å²) >= 11 is 0. The van der Waals surface area contributed by atoms with Crippen LogP contribution in [0.2, 0.25) is 0 Å². The van der Waals surface area contributed by atoms with Gasteiger partial charge in [0.15, 0.2) is 0 Å². The average Bonchev–Trinajstić information content (AvgIpc) is 1.97. The van der Waals surface area contributed by atoms with Gasteiger partial charge in [0.2, 0.25) is 0 Å². The maximum atomic E-state index is 4.38. The lowest BCUT2D eigenvalue weighted by atomic mass is 9.82. The second kappa shape index (κ2) is 3.21. The molecule has 0 spiro atoms. The summed E-state index contributed by atoms with van der Waals surface area (Å²) in [6.07, 6.45) is 7.21. The normalized spacial score (nSPS) is 17.4. The third-order valence-corrected chi connectivity index (χ3v) is 2.56. The van der Waals surface area contributed by atoms with Gasteiger partial charge < -0.3 is 0 Å². The van der Waals surface area contributed by atoms with Gasteiger partial charge in [-0.2, -0.15) is 0 Å². The van der Waals surface area contributed by atoms with Crippen LogP contribution in [0.1, 0.15) is 30.8 Å². The van der Waals surface area contributed by atoms with Gasteiger partial charge in [-0.1, -0.05) is 19.3 Å². The van der Waals surface area contributed by atoms with E-state index in [0.29, 0.717) is 0 Å². The quantitative estimate of drug-likeness (QED) is 0.665. The number of aromatic nitrogens is 2. The molecular formula is C10H14N2. The van der Waals surface area contributed by atoms with Gasteiger partial charge in [0.05, 0.1) is 0 Å². The van der Waals surface area contributed by atoms with Crippen LogP contribution in [0.4, 0.5) is 0 Å². The minimum absolute atomic E-state index is 0.895. The molecule has 0 amide bonds. The lowest BCUT2D eigenvalue weighted by Crippen LogP contribution is -2.14. The highest BCUT2D eigenvalue weighted by Gasteiger charge is 2.17. The van der Waals surface area contributed by atoms with Gasteiger partial charge in [-0.25, -0.2) is 9.97 Å². The van der Waals surface area contributed by atoms with E-state index in [-0.39, 0.29) is 0 Å². The van der Waals surface area contributed by atoms with Crippen molar-refractivity contribution >= 4 is 0 Å². The van der Waals surface area contributed by atoms with Crippen LogP contribution in [-0.4, -0.2) is 9.97 Å². The second-order valence-electron chi connectivity index (χ2n) is 3.60. The molecule has 2 nitrogen and oxygen atoms in total. The number of nitrogens with zero attached hydrogens (tertiary/aromatic N) is 2. The van der Waals surface area contributed by atoms with Crippen molar-refractivity contribution in [1.82, 2.24) is 9.97 Å². The largest absolute Gasteiger partial charge is 0.242 e. The van der Waals surface area contributed by atoms with Crippen LogP contribution in [0.15, 0.2) is 12.3 Å². The van der Waals surface area contributed by atoms with Crippen LogP contribution in [0.5, 0.6) is 0 Å². The first-order chi connectivity index (χ1) is 5.84. The van der Waals surface area contributed by atoms with Crippen LogP contribution >= 0.6 is 0 Å². The van der Waals surface area contributed by atoms with E-state index in [1.54, 1.807) is 0 Å². The number of hydrogen-bond acceptors (Lipinski definition) is 2. The first-order valence-corrected chi connectivity index (χ1v) is 4.63. The molecule has 1 heterocycles. The van der Waals surface area contributed by atoms with Crippen molar-refractivity contribution < 1.29 is 0 Å². The van der Waals surface area contributed by atoms with Gasteiger partial charge >= 0.3 is 0 Å². The molecule has 0 atom stereocenters. The van der Waals surface area contributed by atoms with Crippen LogP contribution < -0.4 is 0 Å². The Bertz CT molecular complexity index is 266. The Morgan fingerprint density at radius 2 is 2.33 bits per heavy atom. The van der Waals surface area contributed by atoms with E-state index in [0.717, 1.165) is 18.2 Å². The molecule has 2 heteroatoms. The molecular weight excluding hydrogens is 148 g/mol. The fourth-order valence-corrected chi connectivity index (χ4v) is 1.61. The molecule has 0 unspecified atom stereocenters. The molecule has 2 rings (SSSR count). The van der Waals surface area contributed by atoms with Gasteiger partial charge in [-0.15, -0.1) is 0 Å². The van der Waals surface area contributed by atoms with Crippen LogP contribution in [0.25, 0.3) is 0 Å². The summed E-state index contributed by atoms with van der Waals surface area (Å²) in [5.74, 6) is 1.80. The van der Waals surface area contributed by atoms with E-state index in [2.05, 4.69) is 9.97 Å². The summed E-state index contributed by atoms with van der Waals surface area (Å²) in [4.78, 5) is 8.46. The highest BCUT2D eigenvalue weighted by molar-refractivity contribution is 5.03. The van der Waals surface area contributed by atoms with E-state index in [1.807, 2.05) is 19.2 Å². The molecule has 64 valence electrons. The predicted molar refractivity (Wildman–Crippen MR) is 47.8 cm³/mol. The molecule has 1 aromatic rings. The molecule has 0 radical (unpaired) electrons. The third kappa shape index (κ3) is 1.63. The Morgan fingerprint density at radius 1 is 1.50 bits per heavy atom. The lowest BCUT2D eigenvalue weighted by Gasteiger charge is -2.24. The van der Waals surface area contributed by atoms with Crippen molar-refractivity contribution in [1.29, 1.82) is 0 Å². The molecule has 0 bridgehead atoms. The van der Waals surface area contributed by atoms with Gasteiger partial charge in [0.25, 0.3) is 0 Å². The van der Waals surface area contributed by atoms with E-state index in [9.17, 15) is 0 Å². The van der Waals surface area contributed by atoms with Crippen molar-refractivity contribution in [2.24, 2.45) is 5.92 Å². The van der Waals surface area contributed by atoms with Crippen molar-refractivity contribution in [2.75, 3.05) is 0 Å². The van der Waals surface area contributed by atoms with Crippen molar-refractivity contribution in [3.8, 4) is 0 Å². The maximum Gasteiger partial charge on any atom is 0.125 e. The molecule has 1 saturated carbocycles. The van der Waals surface area contributed by atoms with Gasteiger partial charge in [-0.3, -0.25) is 0 Å². The Labute approximate surface area is 73.1 Å². The van der Waals surface area contributed by atoms with Crippen molar-refractivity contribution in [3.63, 3.8) is 0 Å². The number of hydrogen-bond donors (Lipinski definition) is 0. The highest BCUT2D eigenvalue weighted by Crippen LogP contribution is 2.28. The molecule has 1 fully saturated rings. The first-order valence-electron chi connectivity index (χ1n) is 4.63. The molecule has 1 aliphatic rings. The molecule has 0 aliphatic heterocycles. The fraction of sp³-hybridized carbons (Fsp3) is 0.600. The van der Waals surface area contributed by atoms with E-state index >= 15 is 0 Å². The molecule has 12 heavy (non-hydrogen) atoms. The molecule has 0 aromatic carbocycles. The summed E-state index contributed by atoms with van der Waals surface area (Å²) in [6.45, 7) is 1.95. The zero-order chi connectivity index (χ0) is 8.39. The smallest absolute Gasteiger partial charge is 0.125 e. The average molecular weight is 162 g/mol. The summed E-state index contributed by atoms with van der Waals surface area (Å²) in [5.41, 5.74) is 1.22. The lowest BCUT2D eigenvalue weighted by molar-refractivity contribution is 0.312. The summed E-state index contributed by atoms with van der Waals surface area (Å²) in [5, 5.41) is 0. The summed E-state index contributed by atoms with van der Waals surface area (Å²) < 4.78 is 0. The van der Waals surface area contributed by atoms with E-state index < -0.39 is 0 Å². The highest BCUT2D eigenvalue weighted by atomic mass is 14.9. The van der Waals surface area contributed by atoms with Crippen molar-refractivity contribution in [3.05, 3.63) is 23.8 Å². The van der Waals surface area contributed by atoms with Gasteiger partial charge in [0, 0.05) is 11.9 Å². The minimum Gasteiger partial charge on any atom is -0.242 e.